The second-order valence-electron chi connectivity index (χ2n) is 3.68. The van der Waals surface area contributed by atoms with Crippen LogP contribution in [0.15, 0.2) is 12.1 Å². The lowest BCUT2D eigenvalue weighted by Gasteiger charge is -2.27. The fourth-order valence-corrected chi connectivity index (χ4v) is 1.81. The van der Waals surface area contributed by atoms with E-state index in [-0.39, 0.29) is 12.5 Å². The molecule has 0 aliphatic carbocycles. The van der Waals surface area contributed by atoms with Crippen molar-refractivity contribution in [3.05, 3.63) is 23.3 Å². The Morgan fingerprint density at radius 3 is 2.81 bits per heavy atom. The molecule has 2 rings (SSSR count). The number of likely N-dealkylation sites (N-methyl/N-ethyl adjacent to an activating group) is 1. The van der Waals surface area contributed by atoms with Crippen LogP contribution in [0.25, 0.3) is 0 Å². The highest BCUT2D eigenvalue weighted by Gasteiger charge is 2.26. The van der Waals surface area contributed by atoms with E-state index in [1.54, 1.807) is 19.2 Å². The molecule has 1 heterocycles. The van der Waals surface area contributed by atoms with Crippen molar-refractivity contribution in [3.8, 4) is 5.75 Å². The summed E-state index contributed by atoms with van der Waals surface area (Å²) in [4.78, 5) is 24.1. The number of rotatable bonds is 1. The Morgan fingerprint density at radius 1 is 1.50 bits per heavy atom. The van der Waals surface area contributed by atoms with Crippen molar-refractivity contribution in [2.45, 2.75) is 6.92 Å². The molecular weight excluding hydrogens is 230 g/mol. The molecule has 0 N–H and O–H groups in total. The summed E-state index contributed by atoms with van der Waals surface area (Å²) in [6, 6.07) is 3.44. The fourth-order valence-electron chi connectivity index (χ4n) is 1.67. The van der Waals surface area contributed by atoms with Gasteiger partial charge in [-0.3, -0.25) is 9.59 Å². The minimum atomic E-state index is -0.581. The van der Waals surface area contributed by atoms with Crippen LogP contribution in [-0.2, 0) is 4.79 Å². The largest absolute Gasteiger partial charge is 0.481 e. The van der Waals surface area contributed by atoms with E-state index in [4.69, 9.17) is 16.3 Å². The Kier molecular flexibility index (Phi) is 2.59. The lowest BCUT2D eigenvalue weighted by atomic mass is 10.1. The third-order valence-corrected chi connectivity index (χ3v) is 2.70. The zero-order valence-electron chi connectivity index (χ0n) is 8.91. The monoisotopic (exact) mass is 239 g/mol. The third kappa shape index (κ3) is 1.65. The van der Waals surface area contributed by atoms with Gasteiger partial charge in [0.15, 0.2) is 12.4 Å². The molecule has 0 atom stereocenters. The molecule has 1 aromatic carbocycles. The molecule has 0 saturated heterocycles. The summed E-state index contributed by atoms with van der Waals surface area (Å²) in [5, 5.41) is -0.581. The molecule has 0 radical (unpaired) electrons. The molecule has 0 fully saturated rings. The van der Waals surface area contributed by atoms with Crippen LogP contribution >= 0.6 is 11.6 Å². The Morgan fingerprint density at radius 2 is 2.19 bits per heavy atom. The summed E-state index contributed by atoms with van der Waals surface area (Å²) in [6.45, 7) is 1.76. The van der Waals surface area contributed by atoms with Gasteiger partial charge >= 0.3 is 0 Å². The first kappa shape index (κ1) is 11.0. The minimum absolute atomic E-state index is 0.0657. The molecule has 84 valence electrons. The van der Waals surface area contributed by atoms with E-state index in [0.29, 0.717) is 17.0 Å². The quantitative estimate of drug-likeness (QED) is 0.701. The van der Waals surface area contributed by atoms with E-state index < -0.39 is 5.24 Å². The van der Waals surface area contributed by atoms with Crippen molar-refractivity contribution in [2.75, 3.05) is 18.6 Å². The number of carbonyl (C=O) groups is 2. The van der Waals surface area contributed by atoms with Crippen LogP contribution in [0.2, 0.25) is 0 Å². The van der Waals surface area contributed by atoms with E-state index in [1.165, 1.54) is 4.90 Å². The third-order valence-electron chi connectivity index (χ3n) is 2.50. The predicted octanol–water partition coefficient (Wildman–Crippen LogP) is 1.73. The molecule has 0 bridgehead atoms. The van der Waals surface area contributed by atoms with Gasteiger partial charge in [0.05, 0.1) is 11.3 Å². The predicted molar refractivity (Wildman–Crippen MR) is 60.3 cm³/mol. The minimum Gasteiger partial charge on any atom is -0.481 e. The molecule has 16 heavy (non-hydrogen) atoms. The Balaban J connectivity index is 2.65. The summed E-state index contributed by atoms with van der Waals surface area (Å²) in [5.74, 6) is 0.235. The van der Waals surface area contributed by atoms with E-state index in [9.17, 15) is 9.59 Å². The van der Waals surface area contributed by atoms with Gasteiger partial charge in [-0.05, 0) is 36.2 Å². The number of hydrogen-bond acceptors (Lipinski definition) is 3. The van der Waals surface area contributed by atoms with Gasteiger partial charge in [0.2, 0.25) is 0 Å². The van der Waals surface area contributed by atoms with Crippen LogP contribution in [0, 0.1) is 6.92 Å². The van der Waals surface area contributed by atoms with Crippen molar-refractivity contribution in [3.63, 3.8) is 0 Å². The topological polar surface area (TPSA) is 46.6 Å². The van der Waals surface area contributed by atoms with Crippen molar-refractivity contribution >= 4 is 28.4 Å². The Bertz CT molecular complexity index is 484. The van der Waals surface area contributed by atoms with Crippen molar-refractivity contribution in [2.24, 2.45) is 0 Å². The Hall–Kier alpha value is -1.55. The smallest absolute Gasteiger partial charge is 0.264 e. The second kappa shape index (κ2) is 3.79. The van der Waals surface area contributed by atoms with Gasteiger partial charge < -0.3 is 9.64 Å². The maximum Gasteiger partial charge on any atom is 0.264 e. The number of hydrogen-bond donors (Lipinski definition) is 0. The molecule has 1 amide bonds. The summed E-state index contributed by atoms with van der Waals surface area (Å²) in [5.41, 5.74) is 1.74. The molecule has 4 nitrogen and oxygen atoms in total. The van der Waals surface area contributed by atoms with Crippen molar-refractivity contribution in [1.29, 1.82) is 0 Å². The highest BCUT2D eigenvalue weighted by molar-refractivity contribution is 6.68. The highest BCUT2D eigenvalue weighted by Crippen LogP contribution is 2.36. The summed E-state index contributed by atoms with van der Waals surface area (Å²) in [7, 11) is 1.64. The summed E-state index contributed by atoms with van der Waals surface area (Å²) in [6.07, 6.45) is 0. The number of amides is 1. The average Bonchev–Trinajstić information content (AvgIpc) is 2.23. The molecule has 5 heteroatoms. The van der Waals surface area contributed by atoms with Gasteiger partial charge in [-0.25, -0.2) is 0 Å². The van der Waals surface area contributed by atoms with Gasteiger partial charge in [-0.2, -0.15) is 0 Å². The number of fused-ring (bicyclic) bond motifs is 1. The summed E-state index contributed by atoms with van der Waals surface area (Å²) >= 11 is 5.47. The molecule has 0 saturated carbocycles. The summed E-state index contributed by atoms with van der Waals surface area (Å²) < 4.78 is 5.26. The molecule has 1 aliphatic heterocycles. The molecular formula is C11H10ClNO3. The van der Waals surface area contributed by atoms with Crippen LogP contribution in [0.3, 0.4) is 0 Å². The lowest BCUT2D eigenvalue weighted by Crippen LogP contribution is -2.36. The van der Waals surface area contributed by atoms with Crippen LogP contribution < -0.4 is 9.64 Å². The fraction of sp³-hybridized carbons (Fsp3) is 0.273. The van der Waals surface area contributed by atoms with Crippen LogP contribution in [0.4, 0.5) is 5.69 Å². The standard InChI is InChI=1S/C11H10ClNO3/c1-6-3-7(11(12)15)10-8(4-6)13(2)9(14)5-16-10/h3-4H,5H2,1-2H3. The van der Waals surface area contributed by atoms with Gasteiger partial charge in [0, 0.05) is 7.05 Å². The van der Waals surface area contributed by atoms with Crippen molar-refractivity contribution < 1.29 is 14.3 Å². The molecule has 0 aromatic heterocycles. The lowest BCUT2D eigenvalue weighted by molar-refractivity contribution is -0.121. The van der Waals surface area contributed by atoms with E-state index in [2.05, 4.69) is 0 Å². The molecule has 1 aliphatic rings. The second-order valence-corrected chi connectivity index (χ2v) is 4.02. The maximum atomic E-state index is 11.4. The van der Waals surface area contributed by atoms with Gasteiger partial charge in [-0.1, -0.05) is 0 Å². The number of nitrogens with zero attached hydrogens (tertiary/aromatic N) is 1. The Labute approximate surface area is 97.7 Å². The normalized spacial score (nSPS) is 14.4. The zero-order valence-corrected chi connectivity index (χ0v) is 9.67. The van der Waals surface area contributed by atoms with Crippen molar-refractivity contribution in [1.82, 2.24) is 0 Å². The highest BCUT2D eigenvalue weighted by atomic mass is 35.5. The first-order valence-electron chi connectivity index (χ1n) is 4.74. The maximum absolute atomic E-state index is 11.4. The number of carbonyl (C=O) groups excluding carboxylic acids is 2. The zero-order chi connectivity index (χ0) is 11.9. The average molecular weight is 240 g/mol. The van der Waals surface area contributed by atoms with Gasteiger partial charge in [0.25, 0.3) is 11.1 Å². The molecule has 0 unspecified atom stereocenters. The number of ether oxygens (including phenoxy) is 1. The van der Waals surface area contributed by atoms with E-state index in [1.807, 2.05) is 6.92 Å². The van der Waals surface area contributed by atoms with Crippen LogP contribution in [-0.4, -0.2) is 24.8 Å². The van der Waals surface area contributed by atoms with E-state index >= 15 is 0 Å². The first-order chi connectivity index (χ1) is 7.50. The molecule has 1 aromatic rings. The van der Waals surface area contributed by atoms with Gasteiger partial charge in [0.1, 0.15) is 0 Å². The SMILES string of the molecule is Cc1cc(C(=O)Cl)c2c(c1)N(C)C(=O)CO2. The molecule has 0 spiro atoms. The van der Waals surface area contributed by atoms with Gasteiger partial charge in [-0.15, -0.1) is 0 Å². The number of benzene rings is 1. The first-order valence-corrected chi connectivity index (χ1v) is 5.12. The number of anilines is 1. The number of halogens is 1. The van der Waals surface area contributed by atoms with E-state index in [0.717, 1.165) is 5.56 Å². The van der Waals surface area contributed by atoms with Crippen LogP contribution in [0.5, 0.6) is 5.75 Å². The number of aryl methyl sites for hydroxylation is 1. The van der Waals surface area contributed by atoms with Crippen LogP contribution in [0.1, 0.15) is 15.9 Å².